The number of benzene rings is 2. The van der Waals surface area contributed by atoms with Crippen molar-refractivity contribution in [3.05, 3.63) is 64.7 Å². The van der Waals surface area contributed by atoms with Crippen LogP contribution in [0.1, 0.15) is 29.2 Å². The molecule has 2 aromatic carbocycles. The Balaban J connectivity index is 2.22. The van der Waals surface area contributed by atoms with Crippen molar-refractivity contribution in [1.29, 1.82) is 0 Å². The van der Waals surface area contributed by atoms with E-state index in [2.05, 4.69) is 5.32 Å². The molecule has 0 aliphatic rings. The lowest BCUT2D eigenvalue weighted by Gasteiger charge is -2.28. The highest BCUT2D eigenvalue weighted by molar-refractivity contribution is 5.88. The van der Waals surface area contributed by atoms with Gasteiger partial charge in [0.2, 0.25) is 11.8 Å². The summed E-state index contributed by atoms with van der Waals surface area (Å²) in [4.78, 5) is 26.8. The van der Waals surface area contributed by atoms with E-state index >= 15 is 0 Å². The van der Waals surface area contributed by atoms with Gasteiger partial charge in [0.15, 0.2) is 0 Å². The molecule has 2 amide bonds. The van der Waals surface area contributed by atoms with Gasteiger partial charge in [-0.15, -0.1) is 0 Å². The van der Waals surface area contributed by atoms with Crippen LogP contribution < -0.4 is 10.1 Å². The molecule has 1 N–H and O–H groups in total. The standard InChI is InChI=1S/C22H28N2O3/c1-15-6-7-19(12-16(15)2)13-21(25)24(17(3)22(26)23-4)14-18-8-10-20(27-5)11-9-18/h6-12,17H,13-14H2,1-5H3,(H,23,26). The van der Waals surface area contributed by atoms with Gasteiger partial charge in [-0.05, 0) is 55.2 Å². The molecule has 5 nitrogen and oxygen atoms in total. The number of rotatable bonds is 7. The van der Waals surface area contributed by atoms with E-state index in [1.165, 1.54) is 5.56 Å². The second-order valence-corrected chi connectivity index (χ2v) is 6.76. The molecule has 0 spiro atoms. The average molecular weight is 368 g/mol. The normalized spacial score (nSPS) is 11.6. The second kappa shape index (κ2) is 9.21. The Labute approximate surface area is 161 Å². The zero-order valence-corrected chi connectivity index (χ0v) is 16.7. The highest BCUT2D eigenvalue weighted by atomic mass is 16.5. The van der Waals surface area contributed by atoms with Crippen LogP contribution >= 0.6 is 0 Å². The number of likely N-dealkylation sites (N-methyl/N-ethyl adjacent to an activating group) is 1. The van der Waals surface area contributed by atoms with Gasteiger partial charge in [0.05, 0.1) is 13.5 Å². The lowest BCUT2D eigenvalue weighted by Crippen LogP contribution is -2.47. The maximum absolute atomic E-state index is 13.0. The molecule has 0 bridgehead atoms. The number of carbonyl (C=O) groups is 2. The molecule has 0 aliphatic heterocycles. The first-order valence-electron chi connectivity index (χ1n) is 9.05. The Kier molecular flexibility index (Phi) is 6.99. The van der Waals surface area contributed by atoms with Crippen LogP contribution in [0.25, 0.3) is 0 Å². The summed E-state index contributed by atoms with van der Waals surface area (Å²) in [6.45, 7) is 6.19. The van der Waals surface area contributed by atoms with Crippen molar-refractivity contribution in [2.24, 2.45) is 0 Å². The molecule has 0 aromatic heterocycles. The number of aryl methyl sites for hydroxylation is 2. The monoisotopic (exact) mass is 368 g/mol. The first-order valence-corrected chi connectivity index (χ1v) is 9.05. The van der Waals surface area contributed by atoms with Gasteiger partial charge in [-0.3, -0.25) is 9.59 Å². The van der Waals surface area contributed by atoms with Crippen molar-refractivity contribution in [1.82, 2.24) is 10.2 Å². The Bertz CT molecular complexity index is 800. The molecule has 1 atom stereocenters. The average Bonchev–Trinajstić information content (AvgIpc) is 2.68. The molecule has 0 saturated carbocycles. The Morgan fingerprint density at radius 2 is 1.67 bits per heavy atom. The summed E-state index contributed by atoms with van der Waals surface area (Å²) in [6.07, 6.45) is 0.263. The number of nitrogens with one attached hydrogen (secondary N) is 1. The molecule has 2 aromatic rings. The second-order valence-electron chi connectivity index (χ2n) is 6.76. The van der Waals surface area contributed by atoms with Gasteiger partial charge < -0.3 is 15.0 Å². The van der Waals surface area contributed by atoms with E-state index in [4.69, 9.17) is 4.74 Å². The maximum Gasteiger partial charge on any atom is 0.242 e. The third kappa shape index (κ3) is 5.33. The number of hydrogen-bond donors (Lipinski definition) is 1. The molecule has 0 saturated heterocycles. The fourth-order valence-corrected chi connectivity index (χ4v) is 2.91. The third-order valence-corrected chi connectivity index (χ3v) is 4.85. The van der Waals surface area contributed by atoms with E-state index < -0.39 is 6.04 Å². The summed E-state index contributed by atoms with van der Waals surface area (Å²) in [5, 5.41) is 2.63. The van der Waals surface area contributed by atoms with Crippen molar-refractivity contribution in [3.63, 3.8) is 0 Å². The van der Waals surface area contributed by atoms with Gasteiger partial charge in [-0.1, -0.05) is 30.3 Å². The summed E-state index contributed by atoms with van der Waals surface area (Å²) >= 11 is 0. The predicted molar refractivity (Wildman–Crippen MR) is 107 cm³/mol. The third-order valence-electron chi connectivity index (χ3n) is 4.85. The van der Waals surface area contributed by atoms with Crippen LogP contribution in [-0.2, 0) is 22.6 Å². The van der Waals surface area contributed by atoms with E-state index in [1.807, 2.05) is 56.3 Å². The summed E-state index contributed by atoms with van der Waals surface area (Å²) in [5.74, 6) is 0.494. The fraction of sp³-hybridized carbons (Fsp3) is 0.364. The summed E-state index contributed by atoms with van der Waals surface area (Å²) in [7, 11) is 3.19. The number of hydrogen-bond acceptors (Lipinski definition) is 3. The molecule has 1 unspecified atom stereocenters. The quantitative estimate of drug-likeness (QED) is 0.817. The first kappa shape index (κ1) is 20.5. The molecular weight excluding hydrogens is 340 g/mol. The van der Waals surface area contributed by atoms with Crippen molar-refractivity contribution >= 4 is 11.8 Å². The van der Waals surface area contributed by atoms with Crippen molar-refractivity contribution < 1.29 is 14.3 Å². The first-order chi connectivity index (χ1) is 12.8. The molecule has 27 heavy (non-hydrogen) atoms. The molecule has 0 fully saturated rings. The van der Waals surface area contributed by atoms with Gasteiger partial charge in [-0.25, -0.2) is 0 Å². The summed E-state index contributed by atoms with van der Waals surface area (Å²) < 4.78 is 5.18. The van der Waals surface area contributed by atoms with E-state index in [1.54, 1.807) is 26.0 Å². The van der Waals surface area contributed by atoms with Crippen molar-refractivity contribution in [2.75, 3.05) is 14.2 Å². The van der Waals surface area contributed by atoms with Crippen LogP contribution in [-0.4, -0.2) is 36.9 Å². The Morgan fingerprint density at radius 1 is 1.04 bits per heavy atom. The lowest BCUT2D eigenvalue weighted by atomic mass is 10.0. The van der Waals surface area contributed by atoms with Crippen molar-refractivity contribution in [2.45, 2.75) is 39.8 Å². The van der Waals surface area contributed by atoms with Crippen LogP contribution in [0.2, 0.25) is 0 Å². The number of carbonyl (C=O) groups excluding carboxylic acids is 2. The summed E-state index contributed by atoms with van der Waals surface area (Å²) in [6, 6.07) is 13.0. The molecule has 0 heterocycles. The number of amides is 2. The van der Waals surface area contributed by atoms with Gasteiger partial charge >= 0.3 is 0 Å². The lowest BCUT2D eigenvalue weighted by molar-refractivity contribution is -0.139. The molecule has 5 heteroatoms. The van der Waals surface area contributed by atoms with E-state index in [0.717, 1.165) is 22.4 Å². The van der Waals surface area contributed by atoms with Gasteiger partial charge in [0, 0.05) is 13.6 Å². The number of methoxy groups -OCH3 is 1. The molecular formula is C22H28N2O3. The highest BCUT2D eigenvalue weighted by Gasteiger charge is 2.25. The zero-order valence-electron chi connectivity index (χ0n) is 16.7. The zero-order chi connectivity index (χ0) is 20.0. The minimum atomic E-state index is -0.559. The SMILES string of the molecule is CNC(=O)C(C)N(Cc1ccc(OC)cc1)C(=O)Cc1ccc(C)c(C)c1. The molecule has 2 rings (SSSR count). The predicted octanol–water partition coefficient (Wildman–Crippen LogP) is 3.02. The largest absolute Gasteiger partial charge is 0.497 e. The maximum atomic E-state index is 13.0. The van der Waals surface area contributed by atoms with Crippen LogP contribution in [0.15, 0.2) is 42.5 Å². The van der Waals surface area contributed by atoms with E-state index in [0.29, 0.717) is 6.54 Å². The van der Waals surface area contributed by atoms with Gasteiger partial charge in [0.1, 0.15) is 11.8 Å². The van der Waals surface area contributed by atoms with Crippen LogP contribution in [0.4, 0.5) is 0 Å². The smallest absolute Gasteiger partial charge is 0.242 e. The minimum Gasteiger partial charge on any atom is -0.497 e. The molecule has 0 aliphatic carbocycles. The van der Waals surface area contributed by atoms with Crippen LogP contribution in [0.3, 0.4) is 0 Å². The van der Waals surface area contributed by atoms with E-state index in [9.17, 15) is 9.59 Å². The topological polar surface area (TPSA) is 58.6 Å². The van der Waals surface area contributed by atoms with E-state index in [-0.39, 0.29) is 18.2 Å². The van der Waals surface area contributed by atoms with Crippen LogP contribution in [0, 0.1) is 13.8 Å². The Hall–Kier alpha value is -2.82. The Morgan fingerprint density at radius 3 is 2.22 bits per heavy atom. The minimum absolute atomic E-state index is 0.0785. The summed E-state index contributed by atoms with van der Waals surface area (Å²) in [5.41, 5.74) is 4.24. The molecule has 0 radical (unpaired) electrons. The fourth-order valence-electron chi connectivity index (χ4n) is 2.91. The number of ether oxygens (including phenoxy) is 1. The molecule has 144 valence electrons. The van der Waals surface area contributed by atoms with Crippen molar-refractivity contribution in [3.8, 4) is 5.75 Å². The van der Waals surface area contributed by atoms with Crippen LogP contribution in [0.5, 0.6) is 5.75 Å². The van der Waals surface area contributed by atoms with Gasteiger partial charge in [0.25, 0.3) is 0 Å². The highest BCUT2D eigenvalue weighted by Crippen LogP contribution is 2.17. The number of nitrogens with zero attached hydrogens (tertiary/aromatic N) is 1. The van der Waals surface area contributed by atoms with Gasteiger partial charge in [-0.2, -0.15) is 0 Å².